The van der Waals surface area contributed by atoms with Crippen molar-refractivity contribution in [3.8, 4) is 5.75 Å². The molecule has 82 valence electrons. The molecule has 0 heterocycles. The van der Waals surface area contributed by atoms with E-state index in [1.165, 1.54) is 24.3 Å². The molecule has 1 rings (SSSR count). The monoisotopic (exact) mass is 214 g/mol. The second kappa shape index (κ2) is 4.75. The molecule has 2 unspecified atom stereocenters. The zero-order valence-electron chi connectivity index (χ0n) is 8.05. The fourth-order valence-electron chi connectivity index (χ4n) is 1.12. The smallest absolute Gasteiger partial charge is 0.343 e. The molecule has 0 saturated heterocycles. The summed E-state index contributed by atoms with van der Waals surface area (Å²) in [6.45, 7) is 0. The number of aliphatic hydroxyl groups excluding tert-OH is 1. The molecule has 0 spiro atoms. The second-order valence-corrected chi connectivity index (χ2v) is 2.96. The minimum absolute atomic E-state index is 0.108. The predicted octanol–water partition coefficient (Wildman–Crippen LogP) is 0.937. The molecule has 0 fully saturated rings. The molecule has 2 atom stereocenters. The number of aromatic hydroxyl groups is 1. The number of halogens is 1. The van der Waals surface area contributed by atoms with Gasteiger partial charge in [0.05, 0.1) is 7.11 Å². The van der Waals surface area contributed by atoms with Gasteiger partial charge in [0, 0.05) is 0 Å². The van der Waals surface area contributed by atoms with Crippen LogP contribution in [-0.2, 0) is 9.53 Å². The van der Waals surface area contributed by atoms with Gasteiger partial charge in [-0.1, -0.05) is 12.1 Å². The van der Waals surface area contributed by atoms with Crippen molar-refractivity contribution in [3.63, 3.8) is 0 Å². The van der Waals surface area contributed by atoms with Crippen molar-refractivity contribution in [2.45, 2.75) is 12.3 Å². The van der Waals surface area contributed by atoms with E-state index < -0.39 is 18.2 Å². The molecule has 5 heteroatoms. The topological polar surface area (TPSA) is 66.8 Å². The average Bonchev–Trinajstić information content (AvgIpc) is 2.26. The van der Waals surface area contributed by atoms with Gasteiger partial charge in [0.25, 0.3) is 0 Å². The fourth-order valence-corrected chi connectivity index (χ4v) is 1.12. The van der Waals surface area contributed by atoms with Crippen LogP contribution in [0.3, 0.4) is 0 Å². The highest BCUT2D eigenvalue weighted by Crippen LogP contribution is 2.23. The molecule has 1 aromatic carbocycles. The Morgan fingerprint density at radius 1 is 1.53 bits per heavy atom. The van der Waals surface area contributed by atoms with E-state index in [2.05, 4.69) is 4.74 Å². The Hall–Kier alpha value is -1.62. The van der Waals surface area contributed by atoms with E-state index in [1.54, 1.807) is 0 Å². The van der Waals surface area contributed by atoms with Crippen LogP contribution in [-0.4, -0.2) is 29.5 Å². The Balaban J connectivity index is 2.84. The molecule has 0 aliphatic heterocycles. The molecule has 0 saturated carbocycles. The summed E-state index contributed by atoms with van der Waals surface area (Å²) in [5.41, 5.74) is 0.118. The highest BCUT2D eigenvalue weighted by atomic mass is 19.1. The van der Waals surface area contributed by atoms with Crippen LogP contribution >= 0.6 is 0 Å². The highest BCUT2D eigenvalue weighted by molar-refractivity contribution is 5.75. The Morgan fingerprint density at radius 2 is 2.20 bits per heavy atom. The molecular formula is C10H11FO4. The van der Waals surface area contributed by atoms with Gasteiger partial charge in [-0.3, -0.25) is 0 Å². The molecule has 0 aliphatic rings. The third kappa shape index (κ3) is 2.66. The number of ether oxygens (including phenoxy) is 1. The molecular weight excluding hydrogens is 203 g/mol. The van der Waals surface area contributed by atoms with Crippen LogP contribution < -0.4 is 0 Å². The first-order valence-electron chi connectivity index (χ1n) is 4.25. The molecule has 15 heavy (non-hydrogen) atoms. The summed E-state index contributed by atoms with van der Waals surface area (Å²) in [6, 6.07) is 5.40. The summed E-state index contributed by atoms with van der Waals surface area (Å²) < 4.78 is 17.3. The number of aliphatic hydroxyl groups is 1. The third-order valence-corrected chi connectivity index (χ3v) is 1.92. The quantitative estimate of drug-likeness (QED) is 0.735. The average molecular weight is 214 g/mol. The van der Waals surface area contributed by atoms with Crippen LogP contribution in [0, 0.1) is 0 Å². The number of benzene rings is 1. The van der Waals surface area contributed by atoms with E-state index in [0.717, 1.165) is 7.11 Å². The number of rotatable bonds is 3. The summed E-state index contributed by atoms with van der Waals surface area (Å²) >= 11 is 0. The number of hydrogen-bond donors (Lipinski definition) is 2. The van der Waals surface area contributed by atoms with Crippen molar-refractivity contribution in [3.05, 3.63) is 29.8 Å². The van der Waals surface area contributed by atoms with E-state index in [0.29, 0.717) is 0 Å². The molecule has 0 radical (unpaired) electrons. The largest absolute Gasteiger partial charge is 0.508 e. The first-order valence-corrected chi connectivity index (χ1v) is 4.25. The lowest BCUT2D eigenvalue weighted by Crippen LogP contribution is -2.24. The molecule has 0 bridgehead atoms. The van der Waals surface area contributed by atoms with Gasteiger partial charge in [-0.2, -0.15) is 0 Å². The second-order valence-electron chi connectivity index (χ2n) is 2.96. The molecule has 0 aromatic heterocycles. The Labute approximate surface area is 85.9 Å². The van der Waals surface area contributed by atoms with Gasteiger partial charge in [-0.15, -0.1) is 0 Å². The number of esters is 1. The Morgan fingerprint density at radius 3 is 2.73 bits per heavy atom. The lowest BCUT2D eigenvalue weighted by atomic mass is 10.1. The highest BCUT2D eigenvalue weighted by Gasteiger charge is 2.28. The van der Waals surface area contributed by atoms with Gasteiger partial charge >= 0.3 is 5.97 Å². The van der Waals surface area contributed by atoms with Crippen molar-refractivity contribution in [2.24, 2.45) is 0 Å². The van der Waals surface area contributed by atoms with E-state index >= 15 is 0 Å². The maximum atomic E-state index is 13.2. The van der Waals surface area contributed by atoms with E-state index in [9.17, 15) is 14.3 Å². The molecule has 0 aliphatic carbocycles. The number of methoxy groups -OCH3 is 1. The standard InChI is InChI=1S/C10H11FO4/c1-15-10(14)8(11)9(13)6-3-2-4-7(12)5-6/h2-5,8-9,12-13H,1H3. The van der Waals surface area contributed by atoms with Crippen LogP contribution in [0.15, 0.2) is 24.3 Å². The van der Waals surface area contributed by atoms with Crippen molar-refractivity contribution >= 4 is 5.97 Å². The lowest BCUT2D eigenvalue weighted by molar-refractivity contribution is -0.151. The van der Waals surface area contributed by atoms with Crippen LogP contribution in [0.2, 0.25) is 0 Å². The van der Waals surface area contributed by atoms with Crippen molar-refractivity contribution in [1.29, 1.82) is 0 Å². The molecule has 1 aromatic rings. The van der Waals surface area contributed by atoms with Gasteiger partial charge in [-0.25, -0.2) is 9.18 Å². The first-order chi connectivity index (χ1) is 7.06. The Bertz CT molecular complexity index is 353. The van der Waals surface area contributed by atoms with E-state index in [-0.39, 0.29) is 11.3 Å². The predicted molar refractivity (Wildman–Crippen MR) is 50.0 cm³/mol. The number of phenols is 1. The third-order valence-electron chi connectivity index (χ3n) is 1.92. The summed E-state index contributed by atoms with van der Waals surface area (Å²) in [6.07, 6.45) is -3.79. The normalized spacial score (nSPS) is 14.3. The summed E-state index contributed by atoms with van der Waals surface area (Å²) in [5.74, 6) is -1.26. The SMILES string of the molecule is COC(=O)C(F)C(O)c1cccc(O)c1. The molecule has 0 amide bonds. The number of carbonyl (C=O) groups excluding carboxylic acids is 1. The zero-order valence-corrected chi connectivity index (χ0v) is 8.05. The fraction of sp³-hybridized carbons (Fsp3) is 0.300. The number of hydrogen-bond acceptors (Lipinski definition) is 4. The summed E-state index contributed by atoms with van der Waals surface area (Å²) in [4.78, 5) is 10.8. The first kappa shape index (κ1) is 11.5. The minimum Gasteiger partial charge on any atom is -0.508 e. The van der Waals surface area contributed by atoms with E-state index in [4.69, 9.17) is 5.11 Å². The van der Waals surface area contributed by atoms with E-state index in [1.807, 2.05) is 0 Å². The van der Waals surface area contributed by atoms with Crippen molar-refractivity contribution < 1.29 is 24.1 Å². The van der Waals surface area contributed by atoms with Crippen LogP contribution in [0.25, 0.3) is 0 Å². The maximum Gasteiger partial charge on any atom is 0.343 e. The van der Waals surface area contributed by atoms with Crippen LogP contribution in [0.5, 0.6) is 5.75 Å². The van der Waals surface area contributed by atoms with Gasteiger partial charge in [0.2, 0.25) is 6.17 Å². The number of phenolic OH excluding ortho intramolecular Hbond substituents is 1. The van der Waals surface area contributed by atoms with Crippen molar-refractivity contribution in [1.82, 2.24) is 0 Å². The molecule has 4 nitrogen and oxygen atoms in total. The minimum atomic E-state index is -2.16. The van der Waals surface area contributed by atoms with Gasteiger partial charge in [0.15, 0.2) is 0 Å². The summed E-state index contributed by atoms with van der Waals surface area (Å²) in [5, 5.41) is 18.5. The number of carbonyl (C=O) groups is 1. The molecule has 2 N–H and O–H groups in total. The number of alkyl halides is 1. The van der Waals surface area contributed by atoms with Gasteiger partial charge in [0.1, 0.15) is 11.9 Å². The Kier molecular flexibility index (Phi) is 3.62. The zero-order chi connectivity index (χ0) is 11.4. The van der Waals surface area contributed by atoms with Crippen LogP contribution in [0.1, 0.15) is 11.7 Å². The van der Waals surface area contributed by atoms with Gasteiger partial charge in [-0.05, 0) is 17.7 Å². The summed E-state index contributed by atoms with van der Waals surface area (Å²) in [7, 11) is 1.03. The van der Waals surface area contributed by atoms with Gasteiger partial charge < -0.3 is 14.9 Å². The van der Waals surface area contributed by atoms with Crippen LogP contribution in [0.4, 0.5) is 4.39 Å². The van der Waals surface area contributed by atoms with Crippen molar-refractivity contribution in [2.75, 3.05) is 7.11 Å². The lowest BCUT2D eigenvalue weighted by Gasteiger charge is -2.13. The maximum absolute atomic E-state index is 13.2.